The van der Waals surface area contributed by atoms with E-state index in [1.807, 2.05) is 19.1 Å². The van der Waals surface area contributed by atoms with Gasteiger partial charge in [0.2, 0.25) is 0 Å². The molecule has 1 N–H and O–H groups in total. The van der Waals surface area contributed by atoms with Crippen molar-refractivity contribution in [3.63, 3.8) is 0 Å². The Morgan fingerprint density at radius 1 is 1.53 bits per heavy atom. The minimum Gasteiger partial charge on any atom is -0.478 e. The molecule has 1 saturated heterocycles. The SMILES string of the molecule is Cc1cc(N2CCOC(C)C2)ccc1C=CC(=O)O. The Hall–Kier alpha value is -1.81. The van der Waals surface area contributed by atoms with Gasteiger partial charge in [-0.1, -0.05) is 6.07 Å². The molecule has 1 atom stereocenters. The lowest BCUT2D eigenvalue weighted by Crippen LogP contribution is -2.41. The second-order valence-corrected chi connectivity index (χ2v) is 4.84. The van der Waals surface area contributed by atoms with Gasteiger partial charge in [0.25, 0.3) is 0 Å². The molecule has 4 heteroatoms. The summed E-state index contributed by atoms with van der Waals surface area (Å²) in [5.41, 5.74) is 3.18. The predicted octanol–water partition coefficient (Wildman–Crippen LogP) is 2.32. The summed E-state index contributed by atoms with van der Waals surface area (Å²) in [6.07, 6.45) is 3.04. The van der Waals surface area contributed by atoms with Crippen LogP contribution in [-0.4, -0.2) is 36.9 Å². The van der Waals surface area contributed by atoms with Crippen LogP contribution in [0.25, 0.3) is 6.08 Å². The van der Waals surface area contributed by atoms with Crippen molar-refractivity contribution in [1.29, 1.82) is 0 Å². The van der Waals surface area contributed by atoms with Crippen molar-refractivity contribution in [2.45, 2.75) is 20.0 Å². The molecule has 1 aromatic rings. The standard InChI is InChI=1S/C15H19NO3/c1-11-9-14(16-7-8-19-12(2)10-16)5-3-13(11)4-6-15(17)18/h3-6,9,12H,7-8,10H2,1-2H3,(H,17,18). The minimum absolute atomic E-state index is 0.251. The molecule has 0 aromatic heterocycles. The maximum atomic E-state index is 10.5. The van der Waals surface area contributed by atoms with Crippen LogP contribution in [0.5, 0.6) is 0 Å². The molecule has 1 fully saturated rings. The molecular weight excluding hydrogens is 242 g/mol. The van der Waals surface area contributed by atoms with E-state index in [-0.39, 0.29) is 6.10 Å². The van der Waals surface area contributed by atoms with Gasteiger partial charge in [-0.05, 0) is 43.2 Å². The molecule has 1 unspecified atom stereocenters. The number of hydrogen-bond acceptors (Lipinski definition) is 3. The molecule has 1 aliphatic heterocycles. The van der Waals surface area contributed by atoms with Crippen LogP contribution in [-0.2, 0) is 9.53 Å². The number of carboxylic acids is 1. The number of ether oxygens (including phenoxy) is 1. The van der Waals surface area contributed by atoms with Crippen molar-refractivity contribution in [1.82, 2.24) is 0 Å². The Bertz CT molecular complexity index is 496. The minimum atomic E-state index is -0.925. The maximum absolute atomic E-state index is 10.5. The zero-order valence-electron chi connectivity index (χ0n) is 11.3. The molecule has 4 nitrogen and oxygen atoms in total. The molecule has 0 spiro atoms. The van der Waals surface area contributed by atoms with Gasteiger partial charge in [-0.15, -0.1) is 0 Å². The Labute approximate surface area is 113 Å². The van der Waals surface area contributed by atoms with Gasteiger partial charge >= 0.3 is 5.97 Å². The number of rotatable bonds is 3. The molecule has 0 radical (unpaired) electrons. The Balaban J connectivity index is 2.16. The quantitative estimate of drug-likeness (QED) is 0.848. The molecule has 1 aromatic carbocycles. The lowest BCUT2D eigenvalue weighted by molar-refractivity contribution is -0.131. The first kappa shape index (κ1) is 13.6. The van der Waals surface area contributed by atoms with Crippen LogP contribution in [0.2, 0.25) is 0 Å². The Morgan fingerprint density at radius 2 is 2.32 bits per heavy atom. The average molecular weight is 261 g/mol. The van der Waals surface area contributed by atoms with E-state index in [4.69, 9.17) is 9.84 Å². The van der Waals surface area contributed by atoms with Gasteiger partial charge in [-0.25, -0.2) is 4.79 Å². The summed E-state index contributed by atoms with van der Waals surface area (Å²) in [5.74, 6) is -0.925. The first-order valence-corrected chi connectivity index (χ1v) is 6.44. The number of hydrogen-bond donors (Lipinski definition) is 1. The third kappa shape index (κ3) is 3.58. The molecule has 0 saturated carbocycles. The topological polar surface area (TPSA) is 49.8 Å². The largest absolute Gasteiger partial charge is 0.478 e. The second-order valence-electron chi connectivity index (χ2n) is 4.84. The fourth-order valence-corrected chi connectivity index (χ4v) is 2.26. The molecule has 0 amide bonds. The van der Waals surface area contributed by atoms with Crippen molar-refractivity contribution in [2.75, 3.05) is 24.6 Å². The zero-order chi connectivity index (χ0) is 13.8. The summed E-state index contributed by atoms with van der Waals surface area (Å²) in [6.45, 7) is 6.61. The van der Waals surface area contributed by atoms with Gasteiger partial charge < -0.3 is 14.7 Å². The first-order chi connectivity index (χ1) is 9.06. The predicted molar refractivity (Wildman–Crippen MR) is 75.5 cm³/mol. The lowest BCUT2D eigenvalue weighted by Gasteiger charge is -2.33. The fraction of sp³-hybridized carbons (Fsp3) is 0.400. The zero-order valence-corrected chi connectivity index (χ0v) is 11.3. The van der Waals surface area contributed by atoms with Crippen LogP contribution in [0.1, 0.15) is 18.1 Å². The van der Waals surface area contributed by atoms with E-state index < -0.39 is 5.97 Å². The first-order valence-electron chi connectivity index (χ1n) is 6.44. The Kier molecular flexibility index (Phi) is 4.22. The number of nitrogens with zero attached hydrogens (tertiary/aromatic N) is 1. The van der Waals surface area contributed by atoms with Gasteiger partial charge in [0, 0.05) is 24.9 Å². The number of benzene rings is 1. The highest BCUT2D eigenvalue weighted by Gasteiger charge is 2.17. The molecular formula is C15H19NO3. The van der Waals surface area contributed by atoms with Gasteiger partial charge in [-0.3, -0.25) is 0 Å². The number of anilines is 1. The average Bonchev–Trinajstić information content (AvgIpc) is 2.37. The van der Waals surface area contributed by atoms with E-state index in [0.717, 1.165) is 30.8 Å². The van der Waals surface area contributed by atoms with Gasteiger partial charge in [0.1, 0.15) is 0 Å². The molecule has 1 heterocycles. The third-order valence-corrected chi connectivity index (χ3v) is 3.27. The van der Waals surface area contributed by atoms with Crippen molar-refractivity contribution in [3.8, 4) is 0 Å². The number of morpholine rings is 1. The molecule has 0 bridgehead atoms. The van der Waals surface area contributed by atoms with E-state index in [1.165, 1.54) is 11.8 Å². The van der Waals surface area contributed by atoms with Gasteiger partial charge in [0.05, 0.1) is 12.7 Å². The van der Waals surface area contributed by atoms with Crippen LogP contribution in [0.15, 0.2) is 24.3 Å². The number of carbonyl (C=O) groups is 1. The highest BCUT2D eigenvalue weighted by atomic mass is 16.5. The van der Waals surface area contributed by atoms with Crippen LogP contribution < -0.4 is 4.90 Å². The Morgan fingerprint density at radius 3 is 2.95 bits per heavy atom. The van der Waals surface area contributed by atoms with Gasteiger partial charge in [0.15, 0.2) is 0 Å². The molecule has 1 aliphatic rings. The summed E-state index contributed by atoms with van der Waals surface area (Å²) >= 11 is 0. The van der Waals surface area contributed by atoms with Crippen molar-refractivity contribution in [3.05, 3.63) is 35.4 Å². The summed E-state index contributed by atoms with van der Waals surface area (Å²) < 4.78 is 5.53. The summed E-state index contributed by atoms with van der Waals surface area (Å²) in [4.78, 5) is 12.8. The highest BCUT2D eigenvalue weighted by Crippen LogP contribution is 2.22. The smallest absolute Gasteiger partial charge is 0.328 e. The van der Waals surface area contributed by atoms with Crippen molar-refractivity contribution >= 4 is 17.7 Å². The molecule has 2 rings (SSSR count). The lowest BCUT2D eigenvalue weighted by atomic mass is 10.1. The summed E-state index contributed by atoms with van der Waals surface area (Å²) in [6, 6.07) is 6.09. The van der Waals surface area contributed by atoms with E-state index in [1.54, 1.807) is 6.08 Å². The van der Waals surface area contributed by atoms with Crippen LogP contribution >= 0.6 is 0 Å². The van der Waals surface area contributed by atoms with Crippen LogP contribution in [0.4, 0.5) is 5.69 Å². The molecule has 0 aliphatic carbocycles. The van der Waals surface area contributed by atoms with E-state index in [0.29, 0.717) is 0 Å². The molecule has 102 valence electrons. The second kappa shape index (κ2) is 5.89. The maximum Gasteiger partial charge on any atom is 0.328 e. The third-order valence-electron chi connectivity index (χ3n) is 3.27. The van der Waals surface area contributed by atoms with Crippen LogP contribution in [0, 0.1) is 6.92 Å². The highest BCUT2D eigenvalue weighted by molar-refractivity contribution is 5.85. The number of carboxylic acid groups (broad SMARTS) is 1. The normalized spacial score (nSPS) is 19.9. The summed E-state index contributed by atoms with van der Waals surface area (Å²) in [7, 11) is 0. The van der Waals surface area contributed by atoms with Gasteiger partial charge in [-0.2, -0.15) is 0 Å². The number of aryl methyl sites for hydroxylation is 1. The molecule has 19 heavy (non-hydrogen) atoms. The fourth-order valence-electron chi connectivity index (χ4n) is 2.26. The number of aliphatic carboxylic acids is 1. The van der Waals surface area contributed by atoms with Crippen molar-refractivity contribution < 1.29 is 14.6 Å². The summed E-state index contributed by atoms with van der Waals surface area (Å²) in [5, 5.41) is 8.64. The monoisotopic (exact) mass is 261 g/mol. The van der Waals surface area contributed by atoms with E-state index >= 15 is 0 Å². The van der Waals surface area contributed by atoms with E-state index in [9.17, 15) is 4.79 Å². The van der Waals surface area contributed by atoms with Crippen molar-refractivity contribution in [2.24, 2.45) is 0 Å². The van der Waals surface area contributed by atoms with E-state index in [2.05, 4.69) is 17.9 Å². The van der Waals surface area contributed by atoms with Crippen LogP contribution in [0.3, 0.4) is 0 Å².